The molecule has 0 aromatic heterocycles. The van der Waals surface area contributed by atoms with Crippen LogP contribution in [0.15, 0.2) is 78.9 Å². The van der Waals surface area contributed by atoms with Gasteiger partial charge in [-0.1, -0.05) is 72.3 Å². The molecule has 1 amide bonds. The molecule has 4 nitrogen and oxygen atoms in total. The number of hydrogen-bond donors (Lipinski definition) is 2. The van der Waals surface area contributed by atoms with E-state index in [0.29, 0.717) is 16.5 Å². The van der Waals surface area contributed by atoms with E-state index >= 15 is 0 Å². The normalized spacial score (nSPS) is 11.9. The fourth-order valence-electron chi connectivity index (χ4n) is 3.00. The minimum absolute atomic E-state index is 0.0948. The maximum atomic E-state index is 12.7. The molecule has 3 aromatic rings. The van der Waals surface area contributed by atoms with Crippen molar-refractivity contribution < 1.29 is 9.53 Å². The lowest BCUT2D eigenvalue weighted by molar-refractivity contribution is -0.117. The summed E-state index contributed by atoms with van der Waals surface area (Å²) in [6, 6.07) is 24.8. The van der Waals surface area contributed by atoms with Crippen LogP contribution in [-0.4, -0.2) is 19.1 Å². The van der Waals surface area contributed by atoms with Gasteiger partial charge < -0.3 is 10.1 Å². The predicted molar refractivity (Wildman–Crippen MR) is 114 cm³/mol. The molecule has 0 aliphatic rings. The summed E-state index contributed by atoms with van der Waals surface area (Å²) in [6.45, 7) is 1.85. The Hall–Kier alpha value is -2.82. The molecule has 0 heterocycles. The van der Waals surface area contributed by atoms with Gasteiger partial charge in [-0.25, -0.2) is 0 Å². The van der Waals surface area contributed by atoms with Crippen molar-refractivity contribution in [2.24, 2.45) is 0 Å². The number of amides is 1. The van der Waals surface area contributed by atoms with Gasteiger partial charge in [0.2, 0.25) is 5.91 Å². The molecule has 0 unspecified atom stereocenters. The van der Waals surface area contributed by atoms with Gasteiger partial charge in [0.05, 0.1) is 24.2 Å². The van der Waals surface area contributed by atoms with Crippen LogP contribution >= 0.6 is 11.6 Å². The maximum absolute atomic E-state index is 12.7. The number of anilines is 1. The lowest BCUT2D eigenvalue weighted by Crippen LogP contribution is -2.40. The Morgan fingerprint density at radius 3 is 2.00 bits per heavy atom. The zero-order chi connectivity index (χ0) is 19.9. The highest BCUT2D eigenvalue weighted by Gasteiger charge is 2.21. The molecule has 0 fully saturated rings. The molecule has 3 rings (SSSR count). The third kappa shape index (κ3) is 4.91. The molecule has 144 valence electrons. The number of carbonyl (C=O) groups excluding carboxylic acids is 1. The molecule has 0 saturated heterocycles. The fourth-order valence-corrected chi connectivity index (χ4v) is 3.25. The topological polar surface area (TPSA) is 50.4 Å². The van der Waals surface area contributed by atoms with Gasteiger partial charge in [0, 0.05) is 5.69 Å². The maximum Gasteiger partial charge on any atom is 0.241 e. The van der Waals surface area contributed by atoms with Crippen molar-refractivity contribution >= 4 is 23.2 Å². The van der Waals surface area contributed by atoms with Crippen LogP contribution in [0.4, 0.5) is 5.69 Å². The summed E-state index contributed by atoms with van der Waals surface area (Å²) in [5, 5.41) is 6.79. The van der Waals surface area contributed by atoms with Crippen molar-refractivity contribution in [3.05, 3.63) is 95.0 Å². The lowest BCUT2D eigenvalue weighted by Gasteiger charge is -2.24. The first-order valence-electron chi connectivity index (χ1n) is 9.09. The molecule has 0 bridgehead atoms. The molecule has 2 N–H and O–H groups in total. The Morgan fingerprint density at radius 1 is 0.929 bits per heavy atom. The van der Waals surface area contributed by atoms with Crippen molar-refractivity contribution in [2.75, 3.05) is 12.4 Å². The number of benzene rings is 3. The average molecular weight is 395 g/mol. The third-order valence-electron chi connectivity index (χ3n) is 4.50. The van der Waals surface area contributed by atoms with E-state index in [9.17, 15) is 4.79 Å². The summed E-state index contributed by atoms with van der Waals surface area (Å²) in [6.07, 6.45) is 0. The lowest BCUT2D eigenvalue weighted by atomic mass is 9.98. The molecule has 5 heteroatoms. The Balaban J connectivity index is 1.75. The highest BCUT2D eigenvalue weighted by molar-refractivity contribution is 6.32. The Morgan fingerprint density at radius 2 is 1.50 bits per heavy atom. The van der Waals surface area contributed by atoms with E-state index in [-0.39, 0.29) is 11.9 Å². The SMILES string of the molecule is COc1ccc(NC(=O)[C@@H](C)NC(c2ccccc2)c2ccccc2)cc1Cl. The fraction of sp³-hybridized carbons (Fsp3) is 0.174. The van der Waals surface area contributed by atoms with Crippen LogP contribution < -0.4 is 15.4 Å². The molecule has 0 spiro atoms. The second-order valence-electron chi connectivity index (χ2n) is 6.48. The van der Waals surface area contributed by atoms with E-state index in [1.54, 1.807) is 25.3 Å². The minimum Gasteiger partial charge on any atom is -0.495 e. The summed E-state index contributed by atoms with van der Waals surface area (Å²) < 4.78 is 5.15. The van der Waals surface area contributed by atoms with Crippen molar-refractivity contribution in [3.8, 4) is 5.75 Å². The van der Waals surface area contributed by atoms with E-state index in [0.717, 1.165) is 11.1 Å². The Bertz CT molecular complexity index is 877. The molecule has 28 heavy (non-hydrogen) atoms. The molecule has 0 aliphatic carbocycles. The summed E-state index contributed by atoms with van der Waals surface area (Å²) >= 11 is 6.15. The van der Waals surface area contributed by atoms with E-state index in [1.165, 1.54) is 0 Å². The first-order chi connectivity index (χ1) is 13.6. The number of methoxy groups -OCH3 is 1. The smallest absolute Gasteiger partial charge is 0.241 e. The van der Waals surface area contributed by atoms with E-state index < -0.39 is 6.04 Å². The van der Waals surface area contributed by atoms with E-state index in [2.05, 4.69) is 34.9 Å². The second kappa shape index (κ2) is 9.40. The summed E-state index contributed by atoms with van der Waals surface area (Å²) in [7, 11) is 1.55. The monoisotopic (exact) mass is 394 g/mol. The van der Waals surface area contributed by atoms with Crippen LogP contribution in [0.25, 0.3) is 0 Å². The predicted octanol–water partition coefficient (Wildman–Crippen LogP) is 5.05. The first kappa shape index (κ1) is 19.9. The number of carbonyl (C=O) groups is 1. The number of nitrogens with one attached hydrogen (secondary N) is 2. The number of hydrogen-bond acceptors (Lipinski definition) is 3. The molecular weight excluding hydrogens is 372 g/mol. The molecule has 0 aliphatic heterocycles. The van der Waals surface area contributed by atoms with Crippen LogP contribution in [-0.2, 0) is 4.79 Å². The van der Waals surface area contributed by atoms with Gasteiger partial charge in [-0.3, -0.25) is 10.1 Å². The third-order valence-corrected chi connectivity index (χ3v) is 4.79. The average Bonchev–Trinajstić information content (AvgIpc) is 2.73. The highest BCUT2D eigenvalue weighted by Crippen LogP contribution is 2.27. The van der Waals surface area contributed by atoms with Gasteiger partial charge in [-0.05, 0) is 36.2 Å². The van der Waals surface area contributed by atoms with Gasteiger partial charge in [-0.2, -0.15) is 0 Å². The van der Waals surface area contributed by atoms with Crippen LogP contribution in [0.3, 0.4) is 0 Å². The first-order valence-corrected chi connectivity index (χ1v) is 9.46. The Kier molecular flexibility index (Phi) is 6.69. The van der Waals surface area contributed by atoms with Gasteiger partial charge in [0.1, 0.15) is 5.75 Å². The van der Waals surface area contributed by atoms with Crippen LogP contribution in [0.2, 0.25) is 5.02 Å². The Labute approximate surface area is 170 Å². The number of rotatable bonds is 7. The molecule has 1 atom stereocenters. The summed E-state index contributed by atoms with van der Waals surface area (Å²) in [5.74, 6) is 0.428. The number of halogens is 1. The molecule has 0 saturated carbocycles. The highest BCUT2D eigenvalue weighted by atomic mass is 35.5. The zero-order valence-corrected chi connectivity index (χ0v) is 16.6. The summed E-state index contributed by atoms with van der Waals surface area (Å²) in [4.78, 5) is 12.7. The van der Waals surface area contributed by atoms with E-state index in [4.69, 9.17) is 16.3 Å². The zero-order valence-electron chi connectivity index (χ0n) is 15.9. The van der Waals surface area contributed by atoms with Crippen molar-refractivity contribution in [2.45, 2.75) is 19.0 Å². The number of ether oxygens (including phenoxy) is 1. The molecule has 3 aromatic carbocycles. The largest absolute Gasteiger partial charge is 0.495 e. The van der Waals surface area contributed by atoms with Gasteiger partial charge in [0.25, 0.3) is 0 Å². The summed E-state index contributed by atoms with van der Waals surface area (Å²) in [5.41, 5.74) is 2.82. The molecule has 0 radical (unpaired) electrons. The van der Waals surface area contributed by atoms with Crippen LogP contribution in [0.5, 0.6) is 5.75 Å². The van der Waals surface area contributed by atoms with Gasteiger partial charge in [-0.15, -0.1) is 0 Å². The molecular formula is C23H23ClN2O2. The van der Waals surface area contributed by atoms with Gasteiger partial charge in [0.15, 0.2) is 0 Å². The van der Waals surface area contributed by atoms with Crippen molar-refractivity contribution in [3.63, 3.8) is 0 Å². The minimum atomic E-state index is -0.425. The van der Waals surface area contributed by atoms with Gasteiger partial charge >= 0.3 is 0 Å². The van der Waals surface area contributed by atoms with Crippen LogP contribution in [0, 0.1) is 0 Å². The van der Waals surface area contributed by atoms with Crippen molar-refractivity contribution in [1.29, 1.82) is 0 Å². The van der Waals surface area contributed by atoms with E-state index in [1.807, 2.05) is 43.3 Å². The second-order valence-corrected chi connectivity index (χ2v) is 6.89. The van der Waals surface area contributed by atoms with Crippen LogP contribution in [0.1, 0.15) is 24.1 Å². The quantitative estimate of drug-likeness (QED) is 0.589. The standard InChI is InChI=1S/C23H23ClN2O2/c1-16(23(27)26-19-13-14-21(28-2)20(24)15-19)25-22(17-9-5-3-6-10-17)18-11-7-4-8-12-18/h3-16,22,25H,1-2H3,(H,26,27)/t16-/m1/s1. The van der Waals surface area contributed by atoms with Crippen molar-refractivity contribution in [1.82, 2.24) is 5.32 Å².